The minimum Gasteiger partial charge on any atom is -0.609 e. The molecule has 1 N–H and O–H groups in total. The van der Waals surface area contributed by atoms with Crippen LogP contribution in [0.4, 0.5) is 0 Å². The van der Waals surface area contributed by atoms with E-state index in [1.54, 1.807) is 12.3 Å². The second-order valence-corrected chi connectivity index (χ2v) is 6.85. The molecule has 0 fully saturated rings. The van der Waals surface area contributed by atoms with Crippen LogP contribution in [0.25, 0.3) is 11.0 Å². The summed E-state index contributed by atoms with van der Waals surface area (Å²) < 4.78 is 44.1. The molecule has 2 aromatic heterocycles. The summed E-state index contributed by atoms with van der Waals surface area (Å²) in [5.74, 6) is 0.839. The number of rotatable bonds is 8. The molecule has 2 heterocycles. The van der Waals surface area contributed by atoms with Crippen molar-refractivity contribution < 1.29 is 18.1 Å². The first kappa shape index (κ1) is 14.1. The highest BCUT2D eigenvalue weighted by molar-refractivity contribution is 7.90. The van der Waals surface area contributed by atoms with E-state index in [2.05, 4.69) is 15.0 Å². The summed E-state index contributed by atoms with van der Waals surface area (Å²) in [6.07, 6.45) is 2.05. The third kappa shape index (κ3) is 4.31. The number of aromatic amines is 1. The average Bonchev–Trinajstić information content (AvgIpc) is 3.07. The Labute approximate surface area is 154 Å². The molecular weight excluding hydrogens is 338 g/mol. The van der Waals surface area contributed by atoms with Gasteiger partial charge in [-0.2, -0.15) is 4.98 Å². The number of nitrogens with one attached hydrogen (secondary N) is 1. The number of hydrogen-bond donors (Lipinski definition) is 1. The zero-order valence-corrected chi connectivity index (χ0v) is 14.6. The Morgan fingerprint density at radius 3 is 3.00 bits per heavy atom. The third-order valence-corrected chi connectivity index (χ3v) is 4.92. The maximum Gasteiger partial charge on any atom is 0.322 e. The number of ether oxygens (including phenoxy) is 2. The van der Waals surface area contributed by atoms with Gasteiger partial charge < -0.3 is 14.0 Å². The lowest BCUT2D eigenvalue weighted by Crippen LogP contribution is -2.10. The van der Waals surface area contributed by atoms with Crippen LogP contribution in [0, 0.1) is 6.92 Å². The van der Waals surface area contributed by atoms with Crippen LogP contribution in [-0.2, 0) is 21.7 Å². The maximum atomic E-state index is 12.7. The van der Waals surface area contributed by atoms with Crippen molar-refractivity contribution in [1.82, 2.24) is 15.0 Å². The van der Waals surface area contributed by atoms with Crippen molar-refractivity contribution in [3.8, 4) is 5.75 Å². The number of benzene rings is 1. The lowest BCUT2D eigenvalue weighted by Gasteiger charge is -2.12. The lowest BCUT2D eigenvalue weighted by atomic mass is 10.2. The van der Waals surface area contributed by atoms with Crippen LogP contribution in [0.5, 0.6) is 5.75 Å². The molecule has 0 radical (unpaired) electrons. The topological polar surface area (TPSA) is 83.1 Å². The van der Waals surface area contributed by atoms with Gasteiger partial charge in [0.15, 0.2) is 5.75 Å². The fourth-order valence-corrected chi connectivity index (χ4v) is 3.50. The molecule has 0 aliphatic carbocycles. The molecule has 132 valence electrons. The molecule has 0 aliphatic heterocycles. The number of fused-ring (bicyclic) bond motifs is 1. The molecule has 3 aromatic rings. The molecule has 1 atom stereocenters. The van der Waals surface area contributed by atoms with Gasteiger partial charge in [0, 0.05) is 43.0 Å². The Bertz CT molecular complexity index is 900. The number of aromatic nitrogens is 3. The molecule has 0 spiro atoms. The van der Waals surface area contributed by atoms with Gasteiger partial charge in [-0.15, -0.1) is 0 Å². The predicted molar refractivity (Wildman–Crippen MR) is 97.2 cm³/mol. The molecule has 6 nitrogen and oxygen atoms in total. The standard InChI is InChI=1S/C18H21N3O3S/c1-13-16(19-9-8-17(13)24-11-5-10-23-2)12-25(22)18-20-14-6-3-4-7-15(14)21-18/h3-4,6-9H,5,10-12H2,1-2H3,(H,20,21)/i2D3. The molecule has 1 unspecified atom stereocenters. The Hall–Kier alpha value is -2.09. The second kappa shape index (κ2) is 8.33. The summed E-state index contributed by atoms with van der Waals surface area (Å²) in [6, 6.07) is 9.25. The third-order valence-electron chi connectivity index (χ3n) is 3.76. The molecule has 1 aromatic carbocycles. The number of para-hydroxylation sites is 2. The monoisotopic (exact) mass is 362 g/mol. The fourth-order valence-electron chi connectivity index (χ4n) is 2.40. The van der Waals surface area contributed by atoms with Crippen LogP contribution >= 0.6 is 0 Å². The van der Waals surface area contributed by atoms with E-state index in [1.807, 2.05) is 31.2 Å². The van der Waals surface area contributed by atoms with Crippen LogP contribution in [-0.4, -0.2) is 39.8 Å². The Morgan fingerprint density at radius 2 is 2.16 bits per heavy atom. The smallest absolute Gasteiger partial charge is 0.322 e. The first-order valence-corrected chi connectivity index (χ1v) is 9.20. The van der Waals surface area contributed by atoms with Crippen molar-refractivity contribution in [2.24, 2.45) is 0 Å². The Kier molecular flexibility index (Phi) is 4.70. The summed E-state index contributed by atoms with van der Waals surface area (Å²) in [4.78, 5) is 11.8. The van der Waals surface area contributed by atoms with Gasteiger partial charge in [-0.25, -0.2) is 0 Å². The van der Waals surface area contributed by atoms with Crippen LogP contribution in [0.1, 0.15) is 21.8 Å². The summed E-state index contributed by atoms with van der Waals surface area (Å²) >= 11 is -1.37. The maximum absolute atomic E-state index is 12.7. The molecule has 3 rings (SSSR count). The van der Waals surface area contributed by atoms with Crippen LogP contribution < -0.4 is 4.74 Å². The van der Waals surface area contributed by atoms with Gasteiger partial charge >= 0.3 is 5.16 Å². The quantitative estimate of drug-likeness (QED) is 0.492. The number of imidazole rings is 1. The van der Waals surface area contributed by atoms with Crippen LogP contribution in [0.3, 0.4) is 0 Å². The minimum atomic E-state index is -2.39. The largest absolute Gasteiger partial charge is 0.609 e. The second-order valence-electron chi connectivity index (χ2n) is 5.48. The van der Waals surface area contributed by atoms with Gasteiger partial charge in [0.2, 0.25) is 0 Å². The van der Waals surface area contributed by atoms with Gasteiger partial charge in [-0.3, -0.25) is 9.97 Å². The summed E-state index contributed by atoms with van der Waals surface area (Å²) in [7, 11) is -2.39. The molecule has 0 saturated heterocycles. The van der Waals surface area contributed by atoms with Crippen molar-refractivity contribution in [2.75, 3.05) is 20.3 Å². The molecule has 0 bridgehead atoms. The van der Waals surface area contributed by atoms with E-state index in [-0.39, 0.29) is 12.4 Å². The van der Waals surface area contributed by atoms with Gasteiger partial charge in [0.05, 0.1) is 27.4 Å². The molecule has 0 amide bonds. The van der Waals surface area contributed by atoms with Crippen molar-refractivity contribution in [2.45, 2.75) is 24.3 Å². The zero-order valence-electron chi connectivity index (χ0n) is 16.8. The number of H-pyrrole nitrogens is 1. The van der Waals surface area contributed by atoms with E-state index in [4.69, 9.17) is 13.6 Å². The molecule has 25 heavy (non-hydrogen) atoms. The van der Waals surface area contributed by atoms with Gasteiger partial charge in [-0.05, 0) is 25.1 Å². The van der Waals surface area contributed by atoms with Crippen molar-refractivity contribution in [3.05, 3.63) is 47.8 Å². The van der Waals surface area contributed by atoms with E-state index < -0.39 is 18.2 Å². The van der Waals surface area contributed by atoms with E-state index in [9.17, 15) is 4.55 Å². The highest BCUT2D eigenvalue weighted by Crippen LogP contribution is 2.24. The Balaban J connectivity index is 1.60. The normalized spacial score (nSPS) is 14.7. The first-order chi connectivity index (χ1) is 13.3. The van der Waals surface area contributed by atoms with Gasteiger partial charge in [0.25, 0.3) is 0 Å². The van der Waals surface area contributed by atoms with Crippen molar-refractivity contribution in [3.63, 3.8) is 0 Å². The van der Waals surface area contributed by atoms with Gasteiger partial charge in [0.1, 0.15) is 5.75 Å². The number of hydrogen-bond acceptors (Lipinski definition) is 5. The molecule has 0 saturated carbocycles. The molecule has 7 heteroatoms. The SMILES string of the molecule is [2H]C([2H])([2H])OCCCOc1ccnc(C[S+]([O-])c2nc3ccccc3[nH]2)c1C. The first-order valence-electron chi connectivity index (χ1n) is 9.38. The number of methoxy groups -OCH3 is 1. The lowest BCUT2D eigenvalue weighted by molar-refractivity contribution is 0.172. The highest BCUT2D eigenvalue weighted by Gasteiger charge is 2.20. The Morgan fingerprint density at radius 1 is 1.28 bits per heavy atom. The highest BCUT2D eigenvalue weighted by atomic mass is 32.2. The van der Waals surface area contributed by atoms with Crippen LogP contribution in [0.15, 0.2) is 41.7 Å². The van der Waals surface area contributed by atoms with E-state index in [1.165, 1.54) is 0 Å². The average molecular weight is 362 g/mol. The fraction of sp³-hybridized carbons (Fsp3) is 0.333. The van der Waals surface area contributed by atoms with E-state index in [0.717, 1.165) is 16.6 Å². The van der Waals surface area contributed by atoms with Crippen molar-refractivity contribution >= 4 is 22.2 Å². The minimum absolute atomic E-state index is 0.0869. The molecular formula is C18H21N3O3S. The zero-order chi connectivity index (χ0) is 20.1. The predicted octanol–water partition coefficient (Wildman–Crippen LogP) is 2.99. The number of nitrogens with zero attached hydrogens (tertiary/aromatic N) is 2. The summed E-state index contributed by atoms with van der Waals surface area (Å²) in [5, 5.41) is 0.413. The summed E-state index contributed by atoms with van der Waals surface area (Å²) in [6.45, 7) is 2.25. The van der Waals surface area contributed by atoms with Crippen molar-refractivity contribution in [1.29, 1.82) is 0 Å². The number of pyridine rings is 1. The summed E-state index contributed by atoms with van der Waals surface area (Å²) in [5.41, 5.74) is 3.07. The van der Waals surface area contributed by atoms with Crippen LogP contribution in [0.2, 0.25) is 0 Å². The van der Waals surface area contributed by atoms with Gasteiger partial charge in [-0.1, -0.05) is 12.1 Å². The van der Waals surface area contributed by atoms with E-state index in [0.29, 0.717) is 29.6 Å². The van der Waals surface area contributed by atoms with E-state index >= 15 is 0 Å². The molecule has 0 aliphatic rings.